The molecule has 3 heterocycles. The first-order chi connectivity index (χ1) is 9.40. The van der Waals surface area contributed by atoms with Crippen LogP contribution < -0.4 is 11.4 Å². The molecule has 2 N–H and O–H groups in total. The molecule has 5 atom stereocenters. The minimum atomic E-state index is -0.322. The first-order valence-electron chi connectivity index (χ1n) is 7.09. The van der Waals surface area contributed by atoms with Crippen molar-refractivity contribution >= 4 is 17.6 Å². The summed E-state index contributed by atoms with van der Waals surface area (Å²) < 4.78 is 7.96. The molecular weight excluding hydrogens is 274 g/mol. The number of aryl methyl sites for hydroxylation is 1. The summed E-state index contributed by atoms with van der Waals surface area (Å²) in [5, 5.41) is 0.759. The number of nitrogens with two attached hydrogens (primary N) is 1. The SMILES string of the molecule is CC[C@]12O[C@@H](n3cc(C)c(N)nc3=O)[C@H](S[C@H]1C)[C@@H]2C. The topological polar surface area (TPSA) is 70.1 Å². The van der Waals surface area contributed by atoms with Crippen molar-refractivity contribution in [1.29, 1.82) is 0 Å². The zero-order valence-corrected chi connectivity index (χ0v) is 13.1. The largest absolute Gasteiger partial charge is 0.383 e. The number of aromatic nitrogens is 2. The molecule has 110 valence electrons. The number of rotatable bonds is 2. The summed E-state index contributed by atoms with van der Waals surface area (Å²) in [6.45, 7) is 8.47. The van der Waals surface area contributed by atoms with E-state index in [-0.39, 0.29) is 17.5 Å². The number of nitrogen functional groups attached to an aromatic ring is 1. The number of hydrogen-bond acceptors (Lipinski definition) is 5. The highest BCUT2D eigenvalue weighted by Crippen LogP contribution is 2.60. The minimum Gasteiger partial charge on any atom is -0.383 e. The Morgan fingerprint density at radius 1 is 1.55 bits per heavy atom. The van der Waals surface area contributed by atoms with Crippen LogP contribution in [0.15, 0.2) is 11.0 Å². The first kappa shape index (κ1) is 13.9. The highest BCUT2D eigenvalue weighted by molar-refractivity contribution is 8.01. The monoisotopic (exact) mass is 295 g/mol. The van der Waals surface area contributed by atoms with Crippen molar-refractivity contribution in [2.24, 2.45) is 5.92 Å². The van der Waals surface area contributed by atoms with Crippen molar-refractivity contribution in [3.05, 3.63) is 22.2 Å². The third-order valence-electron chi connectivity index (χ3n) is 4.93. The molecular formula is C14H21N3O2S. The number of nitrogens with zero attached hydrogens (tertiary/aromatic N) is 2. The van der Waals surface area contributed by atoms with E-state index in [4.69, 9.17) is 10.5 Å². The molecule has 3 rings (SSSR count). The van der Waals surface area contributed by atoms with Crippen LogP contribution in [0.2, 0.25) is 0 Å². The Morgan fingerprint density at radius 3 is 2.85 bits per heavy atom. The molecule has 0 saturated carbocycles. The van der Waals surface area contributed by atoms with Gasteiger partial charge in [0.15, 0.2) is 6.23 Å². The molecule has 2 saturated heterocycles. The maximum Gasteiger partial charge on any atom is 0.351 e. The number of hydrogen-bond donors (Lipinski definition) is 1. The molecule has 0 radical (unpaired) electrons. The molecule has 0 spiro atoms. The second kappa shape index (κ2) is 4.49. The number of fused-ring (bicyclic) bond motifs is 2. The smallest absolute Gasteiger partial charge is 0.351 e. The van der Waals surface area contributed by atoms with Crippen LogP contribution in [0.25, 0.3) is 0 Å². The fraction of sp³-hybridized carbons (Fsp3) is 0.714. The summed E-state index contributed by atoms with van der Waals surface area (Å²) in [6.07, 6.45) is 2.51. The molecule has 1 aromatic heterocycles. The zero-order valence-electron chi connectivity index (χ0n) is 12.3. The molecule has 2 bridgehead atoms. The van der Waals surface area contributed by atoms with Gasteiger partial charge in [0, 0.05) is 22.9 Å². The summed E-state index contributed by atoms with van der Waals surface area (Å²) in [4.78, 5) is 16.0. The van der Waals surface area contributed by atoms with E-state index < -0.39 is 0 Å². The van der Waals surface area contributed by atoms with Crippen molar-refractivity contribution < 1.29 is 4.74 Å². The van der Waals surface area contributed by atoms with Crippen molar-refractivity contribution in [2.45, 2.75) is 56.4 Å². The van der Waals surface area contributed by atoms with Gasteiger partial charge >= 0.3 is 5.69 Å². The van der Waals surface area contributed by atoms with E-state index >= 15 is 0 Å². The summed E-state index contributed by atoms with van der Waals surface area (Å²) in [6, 6.07) is 0. The van der Waals surface area contributed by atoms with E-state index in [9.17, 15) is 4.79 Å². The van der Waals surface area contributed by atoms with Gasteiger partial charge in [0.05, 0.1) is 10.9 Å². The highest BCUT2D eigenvalue weighted by atomic mass is 32.2. The molecule has 20 heavy (non-hydrogen) atoms. The van der Waals surface area contributed by atoms with Crippen LogP contribution in [0.4, 0.5) is 5.82 Å². The fourth-order valence-corrected chi connectivity index (χ4v) is 5.52. The number of anilines is 1. The summed E-state index contributed by atoms with van der Waals surface area (Å²) in [5.74, 6) is 0.732. The van der Waals surface area contributed by atoms with E-state index in [2.05, 4.69) is 25.8 Å². The Balaban J connectivity index is 2.03. The van der Waals surface area contributed by atoms with E-state index in [0.717, 1.165) is 12.0 Å². The van der Waals surface area contributed by atoms with Crippen LogP contribution in [0, 0.1) is 12.8 Å². The Morgan fingerprint density at radius 2 is 2.25 bits per heavy atom. The average Bonchev–Trinajstić information content (AvgIpc) is 2.81. The van der Waals surface area contributed by atoms with Crippen molar-refractivity contribution in [3.63, 3.8) is 0 Å². The molecule has 6 heteroatoms. The number of ether oxygens (including phenoxy) is 1. The van der Waals surface area contributed by atoms with Gasteiger partial charge in [-0.25, -0.2) is 4.79 Å². The van der Waals surface area contributed by atoms with Crippen molar-refractivity contribution in [1.82, 2.24) is 9.55 Å². The molecule has 0 aromatic carbocycles. The van der Waals surface area contributed by atoms with Gasteiger partial charge in [0.25, 0.3) is 0 Å². The van der Waals surface area contributed by atoms with Gasteiger partial charge in [0.1, 0.15) is 5.82 Å². The van der Waals surface area contributed by atoms with Gasteiger partial charge in [-0.15, -0.1) is 11.8 Å². The first-order valence-corrected chi connectivity index (χ1v) is 8.03. The highest BCUT2D eigenvalue weighted by Gasteiger charge is 2.61. The normalized spacial score (nSPS) is 39.4. The van der Waals surface area contributed by atoms with Crippen LogP contribution in [0.3, 0.4) is 0 Å². The lowest BCUT2D eigenvalue weighted by Crippen LogP contribution is -2.42. The number of thioether (sulfide) groups is 1. The second-order valence-corrected chi connectivity index (χ2v) is 7.37. The summed E-state index contributed by atoms with van der Waals surface area (Å²) >= 11 is 1.92. The molecule has 2 aliphatic rings. The zero-order chi connectivity index (χ0) is 14.7. The Kier molecular flexibility index (Phi) is 3.14. The maximum absolute atomic E-state index is 12.1. The van der Waals surface area contributed by atoms with E-state index in [1.165, 1.54) is 0 Å². The minimum absolute atomic E-state index is 0.130. The van der Waals surface area contributed by atoms with Crippen LogP contribution in [-0.2, 0) is 4.74 Å². The Hall–Kier alpha value is -1.01. The van der Waals surface area contributed by atoms with E-state index in [1.807, 2.05) is 18.7 Å². The lowest BCUT2D eigenvalue weighted by Gasteiger charge is -2.36. The summed E-state index contributed by atoms with van der Waals surface area (Å²) in [5.41, 5.74) is 6.06. The second-order valence-electron chi connectivity index (χ2n) is 5.85. The van der Waals surface area contributed by atoms with Gasteiger partial charge in [-0.3, -0.25) is 4.57 Å². The van der Waals surface area contributed by atoms with Gasteiger partial charge in [-0.2, -0.15) is 4.98 Å². The van der Waals surface area contributed by atoms with Gasteiger partial charge < -0.3 is 10.5 Å². The van der Waals surface area contributed by atoms with Crippen LogP contribution in [-0.4, -0.2) is 25.7 Å². The van der Waals surface area contributed by atoms with Crippen LogP contribution >= 0.6 is 11.8 Å². The van der Waals surface area contributed by atoms with E-state index in [1.54, 1.807) is 10.8 Å². The molecule has 0 amide bonds. The molecule has 2 fully saturated rings. The molecule has 0 aliphatic carbocycles. The molecule has 2 aliphatic heterocycles. The quantitative estimate of drug-likeness (QED) is 0.903. The fourth-order valence-electron chi connectivity index (χ4n) is 3.60. The maximum atomic E-state index is 12.1. The van der Waals surface area contributed by atoms with Gasteiger partial charge in [-0.1, -0.05) is 20.8 Å². The third kappa shape index (κ3) is 1.67. The Labute approximate surface area is 122 Å². The van der Waals surface area contributed by atoms with Gasteiger partial charge in [0.2, 0.25) is 0 Å². The molecule has 5 nitrogen and oxygen atoms in total. The third-order valence-corrected chi connectivity index (χ3v) is 6.70. The lowest BCUT2D eigenvalue weighted by molar-refractivity contribution is -0.0883. The summed E-state index contributed by atoms with van der Waals surface area (Å²) in [7, 11) is 0. The molecule has 1 aromatic rings. The van der Waals surface area contributed by atoms with Crippen LogP contribution in [0.5, 0.6) is 0 Å². The standard InChI is InChI=1S/C14H21N3O2S/c1-5-14-8(3)10(20-9(14)4)12(19-14)17-6-7(2)11(15)16-13(17)18/h6,8-10,12H,5H2,1-4H3,(H2,15,16,18)/t8-,9-,10+,12+,14+/m0/s1. The lowest BCUT2D eigenvalue weighted by atomic mass is 9.84. The van der Waals surface area contributed by atoms with Gasteiger partial charge in [-0.05, 0) is 13.3 Å². The van der Waals surface area contributed by atoms with Crippen molar-refractivity contribution in [2.75, 3.05) is 5.73 Å². The predicted molar refractivity (Wildman–Crippen MR) is 80.8 cm³/mol. The average molecular weight is 295 g/mol. The molecule has 0 unspecified atom stereocenters. The van der Waals surface area contributed by atoms with Crippen molar-refractivity contribution in [3.8, 4) is 0 Å². The predicted octanol–water partition coefficient (Wildman–Crippen LogP) is 1.95. The van der Waals surface area contributed by atoms with E-state index in [0.29, 0.717) is 22.2 Å². The Bertz CT molecular complexity index is 603. The van der Waals surface area contributed by atoms with Crippen LogP contribution in [0.1, 0.15) is 39.0 Å².